The minimum Gasteiger partial charge on any atom is -0.489 e. The summed E-state index contributed by atoms with van der Waals surface area (Å²) in [5, 5.41) is 14.2. The summed E-state index contributed by atoms with van der Waals surface area (Å²) in [6.07, 6.45) is -3.95. The van der Waals surface area contributed by atoms with Crippen LogP contribution in [0.2, 0.25) is 23.2 Å². The molecule has 0 bridgehead atoms. The lowest BCUT2D eigenvalue weighted by molar-refractivity contribution is -0.173. The second-order valence-electron chi connectivity index (χ2n) is 15.7. The lowest BCUT2D eigenvalue weighted by Crippen LogP contribution is -2.68. The molecule has 0 saturated heterocycles. The van der Waals surface area contributed by atoms with Gasteiger partial charge >= 0.3 is 19.4 Å². The van der Waals surface area contributed by atoms with E-state index in [4.69, 9.17) is 34.5 Å². The third-order valence-electron chi connectivity index (χ3n) is 9.00. The van der Waals surface area contributed by atoms with Gasteiger partial charge in [0.1, 0.15) is 18.0 Å². The van der Waals surface area contributed by atoms with Gasteiger partial charge in [-0.3, -0.25) is 9.88 Å². The van der Waals surface area contributed by atoms with Crippen LogP contribution in [0, 0.1) is 0 Å². The monoisotopic (exact) mass is 843 g/mol. The predicted octanol–water partition coefficient (Wildman–Crippen LogP) is 11.9. The fourth-order valence-corrected chi connectivity index (χ4v) is 9.64. The van der Waals surface area contributed by atoms with Crippen molar-refractivity contribution < 1.29 is 46.2 Å². The predicted molar refractivity (Wildman–Crippen MR) is 218 cm³/mol. The van der Waals surface area contributed by atoms with Crippen LogP contribution >= 0.6 is 31.0 Å². The van der Waals surface area contributed by atoms with Crippen LogP contribution in [0.3, 0.4) is 0 Å². The molecule has 9 nitrogen and oxygen atoms in total. The van der Waals surface area contributed by atoms with Crippen molar-refractivity contribution in [3.05, 3.63) is 88.9 Å². The Morgan fingerprint density at radius 1 is 0.927 bits per heavy atom. The molecule has 3 aromatic rings. The molecule has 0 aromatic heterocycles. The maximum Gasteiger partial charge on any atom is 0.409 e. The van der Waals surface area contributed by atoms with Gasteiger partial charge in [-0.25, -0.2) is 4.79 Å². The molecule has 2 N–H and O–H groups in total. The molecule has 0 heterocycles. The van der Waals surface area contributed by atoms with Crippen molar-refractivity contribution in [2.24, 2.45) is 0 Å². The largest absolute Gasteiger partial charge is 0.489 e. The standard InChI is InChI=1S/C40H57ClF2NO8PSSi/c1-11-49-53(47,50-12-2)40(42,43)35(45)39(44-36(46)51-37(3,4)5,52-55(9,10)38(6,7)8)25-17-20-30-23-24-33(27-34(30)41)54-32-22-16-21-31(26-32)48-28-29-18-14-13-15-19-29/h13-16,18-19,21-24,26-27,35,45H,11-12,17,20,25,28H2,1-10H3,(H,44,46). The van der Waals surface area contributed by atoms with Crippen LogP contribution in [0.5, 0.6) is 5.75 Å². The number of benzene rings is 3. The van der Waals surface area contributed by atoms with Gasteiger partial charge in [-0.1, -0.05) is 86.6 Å². The average molecular weight is 844 g/mol. The van der Waals surface area contributed by atoms with Crippen molar-refractivity contribution in [3.8, 4) is 5.75 Å². The third kappa shape index (κ3) is 13.0. The molecule has 3 aromatic carbocycles. The van der Waals surface area contributed by atoms with Gasteiger partial charge in [0.2, 0.25) is 0 Å². The molecule has 3 rings (SSSR count). The summed E-state index contributed by atoms with van der Waals surface area (Å²) in [4.78, 5) is 15.2. The highest BCUT2D eigenvalue weighted by molar-refractivity contribution is 7.99. The minimum atomic E-state index is -5.29. The second-order valence-corrected chi connectivity index (χ2v) is 24.0. The van der Waals surface area contributed by atoms with E-state index in [2.05, 4.69) is 5.32 Å². The molecule has 0 aliphatic rings. The molecule has 55 heavy (non-hydrogen) atoms. The lowest BCUT2D eigenvalue weighted by Gasteiger charge is -2.49. The highest BCUT2D eigenvalue weighted by atomic mass is 35.5. The van der Waals surface area contributed by atoms with E-state index in [9.17, 15) is 14.5 Å². The molecule has 0 saturated carbocycles. The molecule has 0 spiro atoms. The van der Waals surface area contributed by atoms with Gasteiger partial charge in [0.15, 0.2) is 20.1 Å². The zero-order chi connectivity index (χ0) is 41.3. The number of aryl methyl sites for hydroxylation is 1. The van der Waals surface area contributed by atoms with Crippen LogP contribution in [0.4, 0.5) is 13.6 Å². The van der Waals surface area contributed by atoms with Crippen molar-refractivity contribution in [3.63, 3.8) is 0 Å². The molecule has 2 unspecified atom stereocenters. The van der Waals surface area contributed by atoms with E-state index in [1.807, 2.05) is 93.6 Å². The number of ether oxygens (including phenoxy) is 2. The molecular weight excluding hydrogens is 787 g/mol. The molecule has 15 heteroatoms. The number of nitrogens with one attached hydrogen (secondary N) is 1. The molecule has 0 fully saturated rings. The summed E-state index contributed by atoms with van der Waals surface area (Å²) >= 11 is 8.29. The summed E-state index contributed by atoms with van der Waals surface area (Å²) in [6.45, 7) is 16.6. The molecule has 2 atom stereocenters. The van der Waals surface area contributed by atoms with Gasteiger partial charge in [0.05, 0.1) is 13.2 Å². The number of carbonyl (C=O) groups is 1. The Labute approximate surface area is 335 Å². The summed E-state index contributed by atoms with van der Waals surface area (Å²) in [7, 11) is -8.38. The van der Waals surface area contributed by atoms with Gasteiger partial charge in [0, 0.05) is 14.8 Å². The van der Waals surface area contributed by atoms with Crippen molar-refractivity contribution in [1.82, 2.24) is 5.32 Å². The number of amides is 1. The van der Waals surface area contributed by atoms with Gasteiger partial charge in [-0.05, 0) is 113 Å². The Morgan fingerprint density at radius 2 is 1.55 bits per heavy atom. The molecule has 1 amide bonds. The van der Waals surface area contributed by atoms with Gasteiger partial charge in [-0.2, -0.15) is 8.78 Å². The first-order chi connectivity index (χ1) is 25.5. The summed E-state index contributed by atoms with van der Waals surface area (Å²) < 4.78 is 74.8. The topological polar surface area (TPSA) is 113 Å². The zero-order valence-electron chi connectivity index (χ0n) is 33.5. The van der Waals surface area contributed by atoms with Crippen molar-refractivity contribution in [2.45, 2.75) is 132 Å². The number of hydrogen-bond donors (Lipinski definition) is 2. The first kappa shape index (κ1) is 46.9. The van der Waals surface area contributed by atoms with E-state index in [-0.39, 0.29) is 32.5 Å². The summed E-state index contributed by atoms with van der Waals surface area (Å²) in [5.41, 5.74) is -6.26. The average Bonchev–Trinajstić information content (AvgIpc) is 3.07. The Morgan fingerprint density at radius 3 is 2.11 bits per heavy atom. The second kappa shape index (κ2) is 19.3. The van der Waals surface area contributed by atoms with E-state index in [0.29, 0.717) is 17.2 Å². The number of alkyl halides is 2. The first-order valence-electron chi connectivity index (χ1n) is 18.4. The summed E-state index contributed by atoms with van der Waals surface area (Å²) in [6, 6.07) is 23.2. The number of halogens is 3. The minimum absolute atomic E-state index is 0.109. The van der Waals surface area contributed by atoms with Crippen molar-refractivity contribution >= 4 is 45.4 Å². The molecular formula is C40H57ClF2NO8PSSi. The van der Waals surface area contributed by atoms with Crippen LogP contribution in [0.25, 0.3) is 0 Å². The Hall–Kier alpha value is -2.48. The van der Waals surface area contributed by atoms with Gasteiger partial charge in [0.25, 0.3) is 0 Å². The fraction of sp³-hybridized carbons (Fsp3) is 0.525. The Balaban J connectivity index is 1.94. The van der Waals surface area contributed by atoms with E-state index >= 15 is 8.78 Å². The lowest BCUT2D eigenvalue weighted by atomic mass is 9.97. The Bertz CT molecular complexity index is 1750. The van der Waals surface area contributed by atoms with Crippen molar-refractivity contribution in [2.75, 3.05) is 13.2 Å². The van der Waals surface area contributed by atoms with E-state index < -0.39 is 50.1 Å². The summed E-state index contributed by atoms with van der Waals surface area (Å²) in [5.74, 6) is 0.728. The van der Waals surface area contributed by atoms with E-state index in [0.717, 1.165) is 21.1 Å². The van der Waals surface area contributed by atoms with Gasteiger partial charge in [-0.15, -0.1) is 0 Å². The molecule has 0 radical (unpaired) electrons. The molecule has 0 aliphatic carbocycles. The van der Waals surface area contributed by atoms with Crippen LogP contribution < -0.4 is 10.1 Å². The number of aliphatic hydroxyl groups excluding tert-OH is 1. The quantitative estimate of drug-likeness (QED) is 0.0692. The van der Waals surface area contributed by atoms with E-state index in [1.165, 1.54) is 25.6 Å². The molecule has 0 aliphatic heterocycles. The number of carbonyl (C=O) groups excluding carboxylic acids is 1. The van der Waals surface area contributed by atoms with Crippen LogP contribution in [0.15, 0.2) is 82.6 Å². The SMILES string of the molecule is CCOP(=O)(OCC)C(F)(F)C(O)C(CCCc1ccc(Sc2cccc(OCc3ccccc3)c2)cc1Cl)(NC(=O)OC(C)(C)C)O[Si](C)(C)C(C)(C)C. The van der Waals surface area contributed by atoms with Crippen LogP contribution in [-0.4, -0.2) is 55.8 Å². The number of hydrogen-bond acceptors (Lipinski definition) is 9. The third-order valence-corrected chi connectivity index (χ3v) is 17.0. The zero-order valence-corrected chi connectivity index (χ0v) is 37.0. The molecule has 306 valence electrons. The van der Waals surface area contributed by atoms with Crippen molar-refractivity contribution in [1.29, 1.82) is 0 Å². The van der Waals surface area contributed by atoms with E-state index in [1.54, 1.807) is 33.9 Å². The Kier molecular flexibility index (Phi) is 16.5. The maximum absolute atomic E-state index is 16.5. The fourth-order valence-electron chi connectivity index (χ4n) is 5.30. The van der Waals surface area contributed by atoms with Gasteiger partial charge < -0.3 is 28.1 Å². The maximum atomic E-state index is 16.5. The highest BCUT2D eigenvalue weighted by Crippen LogP contribution is 2.65. The smallest absolute Gasteiger partial charge is 0.409 e. The number of alkyl carbamates (subject to hydrolysis) is 1. The number of aliphatic hydroxyl groups is 1. The highest BCUT2D eigenvalue weighted by Gasteiger charge is 2.67. The number of rotatable bonds is 19. The normalized spacial score (nSPS) is 14.6. The van der Waals surface area contributed by atoms with Crippen LogP contribution in [0.1, 0.15) is 79.4 Å². The van der Waals surface area contributed by atoms with Crippen LogP contribution in [-0.2, 0) is 35.8 Å². The first-order valence-corrected chi connectivity index (χ1v) is 24.0.